The quantitative estimate of drug-likeness (QED) is 0.861. The van der Waals surface area contributed by atoms with E-state index in [1.807, 2.05) is 0 Å². The largest absolute Gasteiger partial charge is 0.326 e. The zero-order valence-electron chi connectivity index (χ0n) is 12.8. The number of nitrogens with zero attached hydrogens (tertiary/aromatic N) is 1. The molecule has 2 atom stereocenters. The minimum atomic E-state index is -0.234. The second-order valence-electron chi connectivity index (χ2n) is 6.13. The molecule has 1 aromatic rings. The highest BCUT2D eigenvalue weighted by Crippen LogP contribution is 2.37. The van der Waals surface area contributed by atoms with Crippen LogP contribution in [0.15, 0.2) is 24.3 Å². The van der Waals surface area contributed by atoms with Gasteiger partial charge in [-0.2, -0.15) is 0 Å². The smallest absolute Gasteiger partial charge is 0.233 e. The van der Waals surface area contributed by atoms with Crippen LogP contribution in [0, 0.1) is 11.8 Å². The van der Waals surface area contributed by atoms with Crippen LogP contribution in [0.4, 0.5) is 5.69 Å². The average Bonchev–Trinajstić information content (AvgIpc) is 2.77. The summed E-state index contributed by atoms with van der Waals surface area (Å²) >= 11 is 5.87. The van der Waals surface area contributed by atoms with E-state index in [2.05, 4.69) is 5.32 Å². The molecule has 3 amide bonds. The van der Waals surface area contributed by atoms with Crippen molar-refractivity contribution in [3.8, 4) is 0 Å². The Morgan fingerprint density at radius 1 is 1.17 bits per heavy atom. The molecule has 2 fully saturated rings. The number of anilines is 1. The van der Waals surface area contributed by atoms with Gasteiger partial charge in [-0.1, -0.05) is 30.5 Å². The lowest BCUT2D eigenvalue weighted by Gasteiger charge is -2.19. The molecule has 1 aliphatic carbocycles. The standard InChI is InChI=1S/C17H19ClN2O3/c18-11-4-3-5-12(10-11)19-15(21)8-9-20-16(22)13-6-1-2-7-14(13)17(20)23/h3-5,10,13-14H,1-2,6-9H2,(H,19,21). The maximum atomic E-state index is 12.3. The number of hydrogen-bond donors (Lipinski definition) is 1. The van der Waals surface area contributed by atoms with E-state index in [0.717, 1.165) is 25.7 Å². The van der Waals surface area contributed by atoms with E-state index in [-0.39, 0.29) is 42.5 Å². The number of carbonyl (C=O) groups excluding carboxylic acids is 3. The maximum absolute atomic E-state index is 12.3. The maximum Gasteiger partial charge on any atom is 0.233 e. The molecule has 1 N–H and O–H groups in total. The Labute approximate surface area is 140 Å². The number of fused-ring (bicyclic) bond motifs is 1. The fourth-order valence-corrected chi connectivity index (χ4v) is 3.64. The van der Waals surface area contributed by atoms with E-state index in [9.17, 15) is 14.4 Å². The van der Waals surface area contributed by atoms with Crippen LogP contribution in [0.25, 0.3) is 0 Å². The highest BCUT2D eigenvalue weighted by Gasteiger charge is 2.47. The van der Waals surface area contributed by atoms with Crippen molar-refractivity contribution in [2.24, 2.45) is 11.8 Å². The Hall–Kier alpha value is -1.88. The number of benzene rings is 1. The highest BCUT2D eigenvalue weighted by atomic mass is 35.5. The fourth-order valence-electron chi connectivity index (χ4n) is 3.45. The van der Waals surface area contributed by atoms with Crippen LogP contribution in [0.5, 0.6) is 0 Å². The molecule has 2 aliphatic rings. The summed E-state index contributed by atoms with van der Waals surface area (Å²) in [6.07, 6.45) is 3.69. The Balaban J connectivity index is 1.56. The third-order valence-corrected chi connectivity index (χ3v) is 4.84. The van der Waals surface area contributed by atoms with Gasteiger partial charge >= 0.3 is 0 Å². The van der Waals surface area contributed by atoms with Crippen molar-refractivity contribution in [2.75, 3.05) is 11.9 Å². The number of carbonyl (C=O) groups is 3. The molecule has 5 nitrogen and oxygen atoms in total. The van der Waals surface area contributed by atoms with Crippen molar-refractivity contribution >= 4 is 35.0 Å². The van der Waals surface area contributed by atoms with Crippen molar-refractivity contribution < 1.29 is 14.4 Å². The van der Waals surface area contributed by atoms with Crippen molar-refractivity contribution in [3.05, 3.63) is 29.3 Å². The molecule has 0 aromatic heterocycles. The Bertz CT molecular complexity index is 622. The molecule has 2 unspecified atom stereocenters. The predicted octanol–water partition coefficient (Wildman–Crippen LogP) is 2.84. The minimum Gasteiger partial charge on any atom is -0.326 e. The van der Waals surface area contributed by atoms with Gasteiger partial charge in [0.05, 0.1) is 11.8 Å². The first kappa shape index (κ1) is 16.0. The molecule has 0 spiro atoms. The normalized spacial score (nSPS) is 23.8. The van der Waals surface area contributed by atoms with E-state index >= 15 is 0 Å². The summed E-state index contributed by atoms with van der Waals surface area (Å²) < 4.78 is 0. The van der Waals surface area contributed by atoms with Crippen LogP contribution >= 0.6 is 11.6 Å². The van der Waals surface area contributed by atoms with Crippen LogP contribution in [-0.2, 0) is 14.4 Å². The van der Waals surface area contributed by atoms with Crippen molar-refractivity contribution in [1.82, 2.24) is 4.90 Å². The number of halogens is 1. The molecule has 0 bridgehead atoms. The van der Waals surface area contributed by atoms with Gasteiger partial charge in [0.2, 0.25) is 17.7 Å². The summed E-state index contributed by atoms with van der Waals surface area (Å²) in [5.41, 5.74) is 0.607. The Morgan fingerprint density at radius 2 is 1.83 bits per heavy atom. The van der Waals surface area contributed by atoms with Crippen LogP contribution in [0.2, 0.25) is 5.02 Å². The number of hydrogen-bond acceptors (Lipinski definition) is 3. The van der Waals surface area contributed by atoms with Gasteiger partial charge in [-0.15, -0.1) is 0 Å². The molecule has 1 aromatic carbocycles. The van der Waals surface area contributed by atoms with Gasteiger partial charge in [0.15, 0.2) is 0 Å². The van der Waals surface area contributed by atoms with Crippen LogP contribution in [0.1, 0.15) is 32.1 Å². The SMILES string of the molecule is O=C(CCN1C(=O)C2CCCCC2C1=O)Nc1cccc(Cl)c1. The molecule has 3 rings (SSSR count). The van der Waals surface area contributed by atoms with Crippen molar-refractivity contribution in [3.63, 3.8) is 0 Å². The summed E-state index contributed by atoms with van der Waals surface area (Å²) in [6, 6.07) is 6.86. The average molecular weight is 335 g/mol. The van der Waals surface area contributed by atoms with Crippen LogP contribution in [-0.4, -0.2) is 29.2 Å². The first-order valence-electron chi connectivity index (χ1n) is 7.97. The van der Waals surface area contributed by atoms with Crippen LogP contribution < -0.4 is 5.32 Å². The molecule has 23 heavy (non-hydrogen) atoms. The highest BCUT2D eigenvalue weighted by molar-refractivity contribution is 6.30. The topological polar surface area (TPSA) is 66.5 Å². The monoisotopic (exact) mass is 334 g/mol. The Kier molecular flexibility index (Phi) is 4.66. The summed E-state index contributed by atoms with van der Waals surface area (Å²) in [7, 11) is 0. The zero-order valence-corrected chi connectivity index (χ0v) is 13.5. The van der Waals surface area contributed by atoms with Gasteiger partial charge < -0.3 is 5.32 Å². The van der Waals surface area contributed by atoms with Gasteiger partial charge in [0.25, 0.3) is 0 Å². The molecule has 1 saturated heterocycles. The van der Waals surface area contributed by atoms with Gasteiger partial charge in [0, 0.05) is 23.7 Å². The molecule has 1 saturated carbocycles. The lowest BCUT2D eigenvalue weighted by molar-refractivity contribution is -0.140. The van der Waals surface area contributed by atoms with E-state index < -0.39 is 0 Å². The van der Waals surface area contributed by atoms with Crippen molar-refractivity contribution in [2.45, 2.75) is 32.1 Å². The van der Waals surface area contributed by atoms with Gasteiger partial charge in [0.1, 0.15) is 0 Å². The number of rotatable bonds is 4. The zero-order chi connectivity index (χ0) is 16.4. The summed E-state index contributed by atoms with van der Waals surface area (Å²) in [6.45, 7) is 0.150. The third-order valence-electron chi connectivity index (χ3n) is 4.60. The first-order valence-corrected chi connectivity index (χ1v) is 8.34. The Morgan fingerprint density at radius 3 is 2.43 bits per heavy atom. The van der Waals surface area contributed by atoms with E-state index in [1.165, 1.54) is 4.90 Å². The lowest BCUT2D eigenvalue weighted by atomic mass is 9.81. The molecule has 6 heteroatoms. The molecule has 1 aliphatic heterocycles. The van der Waals surface area contributed by atoms with Gasteiger partial charge in [-0.25, -0.2) is 0 Å². The summed E-state index contributed by atoms with van der Waals surface area (Å²) in [4.78, 5) is 37.9. The fraction of sp³-hybridized carbons (Fsp3) is 0.471. The molecule has 1 heterocycles. The van der Waals surface area contributed by atoms with Gasteiger partial charge in [-0.05, 0) is 31.0 Å². The third kappa shape index (κ3) is 3.39. The second-order valence-corrected chi connectivity index (χ2v) is 6.57. The molecule has 122 valence electrons. The van der Waals surface area contributed by atoms with E-state index in [4.69, 9.17) is 11.6 Å². The number of imide groups is 1. The number of likely N-dealkylation sites (tertiary alicyclic amines) is 1. The summed E-state index contributed by atoms with van der Waals surface area (Å²) in [5.74, 6) is -0.757. The van der Waals surface area contributed by atoms with E-state index in [0.29, 0.717) is 10.7 Å². The second kappa shape index (κ2) is 6.71. The van der Waals surface area contributed by atoms with E-state index in [1.54, 1.807) is 24.3 Å². The number of nitrogens with one attached hydrogen (secondary N) is 1. The van der Waals surface area contributed by atoms with Crippen LogP contribution in [0.3, 0.4) is 0 Å². The number of amides is 3. The lowest BCUT2D eigenvalue weighted by Crippen LogP contribution is -2.34. The van der Waals surface area contributed by atoms with Gasteiger partial charge in [-0.3, -0.25) is 19.3 Å². The predicted molar refractivity (Wildman–Crippen MR) is 86.9 cm³/mol. The minimum absolute atomic E-state index is 0.101. The molecular weight excluding hydrogens is 316 g/mol. The van der Waals surface area contributed by atoms with Crippen molar-refractivity contribution in [1.29, 1.82) is 0 Å². The summed E-state index contributed by atoms with van der Waals surface area (Å²) in [5, 5.41) is 3.27. The first-order chi connectivity index (χ1) is 11.1. The molecular formula is C17H19ClN2O3. The molecule has 0 radical (unpaired) electrons.